The quantitative estimate of drug-likeness (QED) is 0.469. The SMILES string of the molecule is COCC(C)n1c(C)cc(C(=O)COc2ccc3ccc(=O)oc3c2)c1C. The molecule has 0 aliphatic rings. The molecule has 0 spiro atoms. The van der Waals surface area contributed by atoms with Crippen molar-refractivity contribution < 1.29 is 18.7 Å². The molecule has 6 heteroatoms. The fraction of sp³-hybridized carbons (Fsp3) is 0.333. The number of ether oxygens (including phenoxy) is 2. The summed E-state index contributed by atoms with van der Waals surface area (Å²) in [4.78, 5) is 24.0. The van der Waals surface area contributed by atoms with Crippen LogP contribution >= 0.6 is 0 Å². The molecule has 6 nitrogen and oxygen atoms in total. The standard InChI is InChI=1S/C21H23NO5/c1-13-9-18(15(3)22(13)14(2)11-25-4)19(23)12-26-17-7-5-16-6-8-21(24)27-20(16)10-17/h5-10,14H,11-12H2,1-4H3. The summed E-state index contributed by atoms with van der Waals surface area (Å²) in [5.41, 5.74) is 2.55. The lowest BCUT2D eigenvalue weighted by Gasteiger charge is -2.17. The van der Waals surface area contributed by atoms with Crippen LogP contribution in [0.5, 0.6) is 5.75 Å². The number of ketones is 1. The molecular weight excluding hydrogens is 346 g/mol. The van der Waals surface area contributed by atoms with Crippen molar-refractivity contribution in [1.29, 1.82) is 0 Å². The Bertz CT molecular complexity index is 1030. The lowest BCUT2D eigenvalue weighted by molar-refractivity contribution is 0.0920. The molecule has 3 rings (SSSR count). The van der Waals surface area contributed by atoms with Crippen LogP contribution in [0.25, 0.3) is 11.0 Å². The average Bonchev–Trinajstić information content (AvgIpc) is 2.94. The Morgan fingerprint density at radius 1 is 1.19 bits per heavy atom. The lowest BCUT2D eigenvalue weighted by atomic mass is 10.1. The summed E-state index contributed by atoms with van der Waals surface area (Å²) in [6.45, 7) is 6.44. The number of fused-ring (bicyclic) bond motifs is 1. The molecule has 0 amide bonds. The molecule has 1 atom stereocenters. The van der Waals surface area contributed by atoms with Gasteiger partial charge in [0.05, 0.1) is 12.6 Å². The summed E-state index contributed by atoms with van der Waals surface area (Å²) in [6.07, 6.45) is 0. The molecule has 0 saturated carbocycles. The van der Waals surface area contributed by atoms with E-state index in [2.05, 4.69) is 11.5 Å². The molecule has 0 radical (unpaired) electrons. The highest BCUT2D eigenvalue weighted by atomic mass is 16.5. The van der Waals surface area contributed by atoms with Crippen LogP contribution in [0, 0.1) is 13.8 Å². The molecule has 2 heterocycles. The van der Waals surface area contributed by atoms with E-state index >= 15 is 0 Å². The van der Waals surface area contributed by atoms with Crippen molar-refractivity contribution >= 4 is 16.8 Å². The van der Waals surface area contributed by atoms with Crippen LogP contribution in [-0.4, -0.2) is 30.7 Å². The van der Waals surface area contributed by atoms with Crippen LogP contribution in [0.15, 0.2) is 45.6 Å². The number of Topliss-reactive ketones (excluding diaryl/α,β-unsaturated/α-hetero) is 1. The van der Waals surface area contributed by atoms with Gasteiger partial charge in [0.15, 0.2) is 6.61 Å². The first-order chi connectivity index (χ1) is 12.9. The third-order valence-corrected chi connectivity index (χ3v) is 4.60. The molecule has 27 heavy (non-hydrogen) atoms. The summed E-state index contributed by atoms with van der Waals surface area (Å²) in [6, 6.07) is 10.2. The summed E-state index contributed by atoms with van der Waals surface area (Å²) in [7, 11) is 1.66. The summed E-state index contributed by atoms with van der Waals surface area (Å²) in [5, 5.41) is 0.795. The molecule has 0 bridgehead atoms. The van der Waals surface area contributed by atoms with E-state index in [-0.39, 0.29) is 18.4 Å². The Labute approximate surface area is 157 Å². The summed E-state index contributed by atoms with van der Waals surface area (Å²) in [5.74, 6) is 0.375. The second kappa shape index (κ2) is 7.80. The van der Waals surface area contributed by atoms with E-state index < -0.39 is 5.63 Å². The second-order valence-corrected chi connectivity index (χ2v) is 6.63. The van der Waals surface area contributed by atoms with E-state index in [1.165, 1.54) is 6.07 Å². The number of carbonyl (C=O) groups is 1. The minimum Gasteiger partial charge on any atom is -0.485 e. The van der Waals surface area contributed by atoms with Gasteiger partial charge in [0.25, 0.3) is 0 Å². The number of carbonyl (C=O) groups excluding carboxylic acids is 1. The van der Waals surface area contributed by atoms with Crippen molar-refractivity contribution in [3.63, 3.8) is 0 Å². The van der Waals surface area contributed by atoms with Crippen LogP contribution in [0.4, 0.5) is 0 Å². The topological polar surface area (TPSA) is 70.7 Å². The smallest absolute Gasteiger partial charge is 0.336 e. The number of benzene rings is 1. The number of nitrogens with zero attached hydrogens (tertiary/aromatic N) is 1. The van der Waals surface area contributed by atoms with Crippen LogP contribution in [-0.2, 0) is 4.74 Å². The van der Waals surface area contributed by atoms with Gasteiger partial charge in [0.1, 0.15) is 11.3 Å². The van der Waals surface area contributed by atoms with Crippen LogP contribution in [0.2, 0.25) is 0 Å². The molecule has 142 valence electrons. The number of rotatable bonds is 7. The summed E-state index contributed by atoms with van der Waals surface area (Å²) < 4.78 is 18.1. The lowest BCUT2D eigenvalue weighted by Crippen LogP contribution is -2.16. The van der Waals surface area contributed by atoms with E-state index in [0.29, 0.717) is 23.5 Å². The van der Waals surface area contributed by atoms with Gasteiger partial charge < -0.3 is 18.5 Å². The predicted molar refractivity (Wildman–Crippen MR) is 103 cm³/mol. The highest BCUT2D eigenvalue weighted by molar-refractivity contribution is 5.98. The number of aryl methyl sites for hydroxylation is 1. The Balaban J connectivity index is 1.76. The van der Waals surface area contributed by atoms with Crippen LogP contribution in [0.1, 0.15) is 34.7 Å². The average molecular weight is 369 g/mol. The normalized spacial score (nSPS) is 12.3. The van der Waals surface area contributed by atoms with Crippen LogP contribution in [0.3, 0.4) is 0 Å². The molecule has 2 aromatic heterocycles. The fourth-order valence-corrected chi connectivity index (χ4v) is 3.41. The molecule has 1 unspecified atom stereocenters. The van der Waals surface area contributed by atoms with Crippen molar-refractivity contribution in [2.45, 2.75) is 26.8 Å². The van der Waals surface area contributed by atoms with Gasteiger partial charge in [-0.2, -0.15) is 0 Å². The van der Waals surface area contributed by atoms with E-state index in [1.54, 1.807) is 31.4 Å². The maximum absolute atomic E-state index is 12.7. The molecule has 3 aromatic rings. The van der Waals surface area contributed by atoms with Gasteiger partial charge in [-0.25, -0.2) is 4.79 Å². The maximum atomic E-state index is 12.7. The second-order valence-electron chi connectivity index (χ2n) is 6.63. The zero-order valence-electron chi connectivity index (χ0n) is 15.9. The van der Waals surface area contributed by atoms with Gasteiger partial charge in [-0.3, -0.25) is 4.79 Å². The van der Waals surface area contributed by atoms with Crippen molar-refractivity contribution in [1.82, 2.24) is 4.57 Å². The molecule has 1 aromatic carbocycles. The third-order valence-electron chi connectivity index (χ3n) is 4.60. The van der Waals surface area contributed by atoms with Gasteiger partial charge >= 0.3 is 5.63 Å². The van der Waals surface area contributed by atoms with Crippen molar-refractivity contribution in [3.8, 4) is 5.75 Å². The van der Waals surface area contributed by atoms with Gasteiger partial charge in [0, 0.05) is 41.6 Å². The monoisotopic (exact) mass is 369 g/mol. The van der Waals surface area contributed by atoms with Gasteiger partial charge in [-0.15, -0.1) is 0 Å². The zero-order chi connectivity index (χ0) is 19.6. The van der Waals surface area contributed by atoms with Gasteiger partial charge in [0.2, 0.25) is 5.78 Å². The Kier molecular flexibility index (Phi) is 5.46. The van der Waals surface area contributed by atoms with E-state index in [4.69, 9.17) is 13.9 Å². The molecule has 0 saturated heterocycles. The van der Waals surface area contributed by atoms with Crippen molar-refractivity contribution in [3.05, 3.63) is 63.8 Å². The molecule has 0 N–H and O–H groups in total. The number of hydrogen-bond donors (Lipinski definition) is 0. The Morgan fingerprint density at radius 2 is 1.93 bits per heavy atom. The van der Waals surface area contributed by atoms with Gasteiger partial charge in [-0.05, 0) is 45.0 Å². The van der Waals surface area contributed by atoms with Crippen molar-refractivity contribution in [2.24, 2.45) is 0 Å². The third kappa shape index (κ3) is 3.95. The van der Waals surface area contributed by atoms with Gasteiger partial charge in [-0.1, -0.05) is 0 Å². The highest BCUT2D eigenvalue weighted by Gasteiger charge is 2.19. The molecule has 0 fully saturated rings. The maximum Gasteiger partial charge on any atom is 0.336 e. The first-order valence-electron chi connectivity index (χ1n) is 8.78. The number of methoxy groups -OCH3 is 1. The molecule has 0 aliphatic heterocycles. The first-order valence-corrected chi connectivity index (χ1v) is 8.78. The zero-order valence-corrected chi connectivity index (χ0v) is 15.9. The Morgan fingerprint density at radius 3 is 2.67 bits per heavy atom. The number of aromatic nitrogens is 1. The predicted octanol–water partition coefficient (Wildman–Crippen LogP) is 3.68. The van der Waals surface area contributed by atoms with E-state index in [1.807, 2.05) is 19.9 Å². The molecule has 0 aliphatic carbocycles. The van der Waals surface area contributed by atoms with Crippen molar-refractivity contribution in [2.75, 3.05) is 20.3 Å². The minimum atomic E-state index is -0.423. The Hall–Kier alpha value is -2.86. The number of hydrogen-bond acceptors (Lipinski definition) is 5. The van der Waals surface area contributed by atoms with E-state index in [9.17, 15) is 9.59 Å². The van der Waals surface area contributed by atoms with Crippen LogP contribution < -0.4 is 10.4 Å². The first kappa shape index (κ1) is 18.9. The molecular formula is C21H23NO5. The summed E-state index contributed by atoms with van der Waals surface area (Å²) >= 11 is 0. The highest BCUT2D eigenvalue weighted by Crippen LogP contribution is 2.23. The fourth-order valence-electron chi connectivity index (χ4n) is 3.41. The van der Waals surface area contributed by atoms with E-state index in [0.717, 1.165) is 16.8 Å². The minimum absolute atomic E-state index is 0.0917. The largest absolute Gasteiger partial charge is 0.485 e.